The Kier molecular flexibility index (Phi) is 3.41. The molecule has 2 rings (SSSR count). The maximum absolute atomic E-state index is 12.1. The van der Waals surface area contributed by atoms with Crippen molar-refractivity contribution >= 4 is 22.8 Å². The third-order valence-electron chi connectivity index (χ3n) is 2.84. The summed E-state index contributed by atoms with van der Waals surface area (Å²) in [7, 11) is 1.55. The molecule has 0 saturated carbocycles. The van der Waals surface area contributed by atoms with Crippen molar-refractivity contribution in [3.63, 3.8) is 0 Å². The standard InChI is InChI=1S/C13H14N2O4/c1-15(5-4-12(17)18)13(19)11-6-8-2-3-9(16)7-10(8)14-11/h2-3,6-7,14,16H,4-5H2,1H3,(H,17,18). The minimum atomic E-state index is -0.943. The van der Waals surface area contributed by atoms with Crippen molar-refractivity contribution in [3.8, 4) is 5.75 Å². The number of phenols is 1. The van der Waals surface area contributed by atoms with E-state index in [1.54, 1.807) is 25.2 Å². The Balaban J connectivity index is 2.19. The number of aromatic amines is 1. The number of amides is 1. The molecule has 1 aromatic heterocycles. The zero-order valence-electron chi connectivity index (χ0n) is 10.4. The molecule has 0 atom stereocenters. The van der Waals surface area contributed by atoms with Gasteiger partial charge < -0.3 is 20.1 Å². The van der Waals surface area contributed by atoms with Gasteiger partial charge >= 0.3 is 5.97 Å². The van der Waals surface area contributed by atoms with Gasteiger partial charge in [-0.2, -0.15) is 0 Å². The number of carboxylic acids is 1. The number of carbonyl (C=O) groups excluding carboxylic acids is 1. The lowest BCUT2D eigenvalue weighted by Crippen LogP contribution is -2.29. The molecule has 2 aromatic rings. The van der Waals surface area contributed by atoms with Gasteiger partial charge in [-0.15, -0.1) is 0 Å². The summed E-state index contributed by atoms with van der Waals surface area (Å²) < 4.78 is 0. The molecule has 100 valence electrons. The first-order chi connectivity index (χ1) is 8.97. The lowest BCUT2D eigenvalue weighted by molar-refractivity contribution is -0.137. The molecule has 1 heterocycles. The van der Waals surface area contributed by atoms with E-state index in [0.29, 0.717) is 11.2 Å². The fourth-order valence-corrected chi connectivity index (χ4v) is 1.80. The molecule has 0 aliphatic heterocycles. The largest absolute Gasteiger partial charge is 0.508 e. The van der Waals surface area contributed by atoms with Gasteiger partial charge in [0.25, 0.3) is 5.91 Å². The van der Waals surface area contributed by atoms with E-state index >= 15 is 0 Å². The van der Waals surface area contributed by atoms with E-state index in [-0.39, 0.29) is 24.6 Å². The van der Waals surface area contributed by atoms with Gasteiger partial charge in [-0.1, -0.05) is 0 Å². The molecular weight excluding hydrogens is 248 g/mol. The number of carboxylic acid groups (broad SMARTS) is 1. The molecule has 1 aromatic carbocycles. The molecule has 0 fully saturated rings. The summed E-state index contributed by atoms with van der Waals surface area (Å²) in [6.07, 6.45) is -0.0940. The van der Waals surface area contributed by atoms with Gasteiger partial charge in [0.1, 0.15) is 11.4 Å². The summed E-state index contributed by atoms with van der Waals surface area (Å²) in [4.78, 5) is 26.8. The Hall–Kier alpha value is -2.50. The molecule has 0 bridgehead atoms. The van der Waals surface area contributed by atoms with Gasteiger partial charge in [0.05, 0.1) is 6.42 Å². The van der Waals surface area contributed by atoms with E-state index in [1.165, 1.54) is 11.0 Å². The number of benzene rings is 1. The van der Waals surface area contributed by atoms with Crippen molar-refractivity contribution in [1.82, 2.24) is 9.88 Å². The van der Waals surface area contributed by atoms with E-state index < -0.39 is 5.97 Å². The number of hydrogen-bond donors (Lipinski definition) is 3. The number of rotatable bonds is 4. The molecule has 0 spiro atoms. The Morgan fingerprint density at radius 1 is 1.32 bits per heavy atom. The van der Waals surface area contributed by atoms with Crippen LogP contribution in [0.15, 0.2) is 24.3 Å². The number of phenolic OH excluding ortho intramolecular Hbond substituents is 1. The quantitative estimate of drug-likeness (QED) is 0.776. The molecule has 0 saturated heterocycles. The van der Waals surface area contributed by atoms with Crippen LogP contribution in [0.2, 0.25) is 0 Å². The fourth-order valence-electron chi connectivity index (χ4n) is 1.80. The van der Waals surface area contributed by atoms with E-state index in [2.05, 4.69) is 4.98 Å². The van der Waals surface area contributed by atoms with Gasteiger partial charge in [0, 0.05) is 30.6 Å². The van der Waals surface area contributed by atoms with Crippen molar-refractivity contribution in [2.45, 2.75) is 6.42 Å². The average Bonchev–Trinajstić information content (AvgIpc) is 2.77. The van der Waals surface area contributed by atoms with E-state index in [1.807, 2.05) is 0 Å². The van der Waals surface area contributed by atoms with Crippen LogP contribution in [-0.2, 0) is 4.79 Å². The second-order valence-corrected chi connectivity index (χ2v) is 4.33. The lowest BCUT2D eigenvalue weighted by atomic mass is 10.2. The number of nitrogens with zero attached hydrogens (tertiary/aromatic N) is 1. The fraction of sp³-hybridized carbons (Fsp3) is 0.231. The molecular formula is C13H14N2O4. The molecule has 6 heteroatoms. The third-order valence-corrected chi connectivity index (χ3v) is 2.84. The van der Waals surface area contributed by atoms with Crippen LogP contribution in [0.1, 0.15) is 16.9 Å². The van der Waals surface area contributed by atoms with E-state index in [0.717, 1.165) is 5.39 Å². The van der Waals surface area contributed by atoms with Gasteiger partial charge in [0.2, 0.25) is 0 Å². The molecule has 0 aliphatic carbocycles. The molecule has 6 nitrogen and oxygen atoms in total. The molecule has 19 heavy (non-hydrogen) atoms. The van der Waals surface area contributed by atoms with Crippen LogP contribution < -0.4 is 0 Å². The molecule has 1 amide bonds. The maximum atomic E-state index is 12.1. The van der Waals surface area contributed by atoms with Crippen LogP contribution in [0, 0.1) is 0 Å². The summed E-state index contributed by atoms with van der Waals surface area (Å²) >= 11 is 0. The van der Waals surface area contributed by atoms with Crippen LogP contribution >= 0.6 is 0 Å². The minimum Gasteiger partial charge on any atom is -0.508 e. The maximum Gasteiger partial charge on any atom is 0.305 e. The SMILES string of the molecule is CN(CCC(=O)O)C(=O)c1cc2ccc(O)cc2[nH]1. The predicted octanol–water partition coefficient (Wildman–Crippen LogP) is 1.42. The number of aliphatic carboxylic acids is 1. The number of fused-ring (bicyclic) bond motifs is 1. The summed E-state index contributed by atoms with van der Waals surface area (Å²) in [6, 6.07) is 6.45. The number of carbonyl (C=O) groups is 2. The van der Waals surface area contributed by atoms with Crippen molar-refractivity contribution in [3.05, 3.63) is 30.0 Å². The monoisotopic (exact) mass is 262 g/mol. The highest BCUT2D eigenvalue weighted by molar-refractivity contribution is 5.98. The first-order valence-corrected chi connectivity index (χ1v) is 5.76. The highest BCUT2D eigenvalue weighted by Crippen LogP contribution is 2.20. The second kappa shape index (κ2) is 5.01. The van der Waals surface area contributed by atoms with Crippen molar-refractivity contribution in [2.24, 2.45) is 0 Å². The van der Waals surface area contributed by atoms with Gasteiger partial charge in [-0.05, 0) is 18.2 Å². The second-order valence-electron chi connectivity index (χ2n) is 4.33. The normalized spacial score (nSPS) is 10.6. The molecule has 3 N–H and O–H groups in total. The summed E-state index contributed by atoms with van der Waals surface area (Å²) in [5, 5.41) is 18.8. The van der Waals surface area contributed by atoms with Crippen LogP contribution in [-0.4, -0.2) is 45.6 Å². The highest BCUT2D eigenvalue weighted by atomic mass is 16.4. The number of H-pyrrole nitrogens is 1. The molecule has 0 radical (unpaired) electrons. The zero-order chi connectivity index (χ0) is 14.0. The lowest BCUT2D eigenvalue weighted by Gasteiger charge is -2.14. The number of aromatic nitrogens is 1. The van der Waals surface area contributed by atoms with Crippen molar-refractivity contribution < 1.29 is 19.8 Å². The van der Waals surface area contributed by atoms with Crippen LogP contribution in [0.3, 0.4) is 0 Å². The number of nitrogens with one attached hydrogen (secondary N) is 1. The highest BCUT2D eigenvalue weighted by Gasteiger charge is 2.15. The van der Waals surface area contributed by atoms with E-state index in [9.17, 15) is 14.7 Å². The Labute approximate surface area is 109 Å². The number of aromatic hydroxyl groups is 1. The summed E-state index contributed by atoms with van der Waals surface area (Å²) in [5.41, 5.74) is 1.03. The van der Waals surface area contributed by atoms with E-state index in [4.69, 9.17) is 5.11 Å². The average molecular weight is 262 g/mol. The summed E-state index contributed by atoms with van der Waals surface area (Å²) in [5.74, 6) is -1.11. The minimum absolute atomic E-state index is 0.0940. The third kappa shape index (κ3) is 2.85. The van der Waals surface area contributed by atoms with Crippen LogP contribution in [0.4, 0.5) is 0 Å². The van der Waals surface area contributed by atoms with Crippen LogP contribution in [0.5, 0.6) is 5.75 Å². The Morgan fingerprint density at radius 2 is 2.05 bits per heavy atom. The van der Waals surface area contributed by atoms with Gasteiger partial charge in [0.15, 0.2) is 0 Å². The first-order valence-electron chi connectivity index (χ1n) is 5.76. The zero-order valence-corrected chi connectivity index (χ0v) is 10.4. The predicted molar refractivity (Wildman–Crippen MR) is 69.2 cm³/mol. The van der Waals surface area contributed by atoms with Gasteiger partial charge in [-0.25, -0.2) is 0 Å². The van der Waals surface area contributed by atoms with Crippen LogP contribution in [0.25, 0.3) is 10.9 Å². The first kappa shape index (κ1) is 12.9. The van der Waals surface area contributed by atoms with Crippen molar-refractivity contribution in [2.75, 3.05) is 13.6 Å². The topological polar surface area (TPSA) is 93.6 Å². The number of hydrogen-bond acceptors (Lipinski definition) is 3. The van der Waals surface area contributed by atoms with Gasteiger partial charge in [-0.3, -0.25) is 9.59 Å². The molecule has 0 aliphatic rings. The Morgan fingerprint density at radius 3 is 2.74 bits per heavy atom. The Bertz CT molecular complexity index is 633. The van der Waals surface area contributed by atoms with Crippen molar-refractivity contribution in [1.29, 1.82) is 0 Å². The smallest absolute Gasteiger partial charge is 0.305 e. The summed E-state index contributed by atoms with van der Waals surface area (Å²) in [6.45, 7) is 0.148. The molecule has 0 unspecified atom stereocenters.